The number of benzene rings is 1. The highest BCUT2D eigenvalue weighted by Gasteiger charge is 2.16. The second kappa shape index (κ2) is 6.65. The molecule has 4 nitrogen and oxygen atoms in total. The summed E-state index contributed by atoms with van der Waals surface area (Å²) in [5.74, 6) is -0.867. The Bertz CT molecular complexity index is 565. The number of carboxylic acid groups (broad SMARTS) is 1. The molecule has 0 spiro atoms. The van der Waals surface area contributed by atoms with Gasteiger partial charge in [-0.1, -0.05) is 18.2 Å². The van der Waals surface area contributed by atoms with E-state index < -0.39 is 5.97 Å². The van der Waals surface area contributed by atoms with Crippen LogP contribution < -0.4 is 5.32 Å². The molecule has 0 aliphatic heterocycles. The van der Waals surface area contributed by atoms with E-state index in [1.54, 1.807) is 0 Å². The molecule has 0 aliphatic rings. The summed E-state index contributed by atoms with van der Waals surface area (Å²) in [5.41, 5.74) is 0.858. The maximum absolute atomic E-state index is 11.3. The largest absolute Gasteiger partial charge is 0.477 e. The van der Waals surface area contributed by atoms with Crippen molar-refractivity contribution in [2.75, 3.05) is 13.2 Å². The number of aromatic carboxylic acids is 1. The van der Waals surface area contributed by atoms with Crippen molar-refractivity contribution in [2.24, 2.45) is 0 Å². The summed E-state index contributed by atoms with van der Waals surface area (Å²) in [7, 11) is 0. The van der Waals surface area contributed by atoms with E-state index in [1.165, 1.54) is 11.3 Å². The lowest BCUT2D eigenvalue weighted by Crippen LogP contribution is -2.16. The first-order valence-corrected chi connectivity index (χ1v) is 7.11. The lowest BCUT2D eigenvalue weighted by atomic mass is 10.1. The Morgan fingerprint density at radius 1 is 1.26 bits per heavy atom. The average Bonchev–Trinajstić information content (AvgIpc) is 2.78. The molecule has 2 rings (SSSR count). The number of hydrogen-bond acceptors (Lipinski definition) is 4. The first-order valence-electron chi connectivity index (χ1n) is 6.29. The van der Waals surface area contributed by atoms with Gasteiger partial charge >= 0.3 is 5.97 Å². The van der Waals surface area contributed by atoms with Crippen LogP contribution in [0.5, 0.6) is 0 Å². The zero-order valence-electron chi connectivity index (χ0n) is 10.6. The highest BCUT2D eigenvalue weighted by molar-refractivity contribution is 7.21. The number of thiophene rings is 1. The van der Waals surface area contributed by atoms with Crippen LogP contribution in [0.4, 0.5) is 0 Å². The SMILES string of the molecule is O=C(O)c1sc2ccccc2c1CNCCCCO. The molecule has 0 radical (unpaired) electrons. The predicted molar refractivity (Wildman–Crippen MR) is 76.8 cm³/mol. The molecule has 1 aromatic carbocycles. The molecular weight excluding hydrogens is 262 g/mol. The van der Waals surface area contributed by atoms with Crippen LogP contribution in [-0.2, 0) is 6.54 Å². The molecule has 0 aliphatic carbocycles. The van der Waals surface area contributed by atoms with Crippen molar-refractivity contribution in [1.82, 2.24) is 5.32 Å². The molecule has 3 N–H and O–H groups in total. The lowest BCUT2D eigenvalue weighted by molar-refractivity contribution is 0.0701. The molecule has 1 heterocycles. The summed E-state index contributed by atoms with van der Waals surface area (Å²) in [4.78, 5) is 11.7. The Labute approximate surface area is 115 Å². The number of aliphatic hydroxyl groups excluding tert-OH is 1. The van der Waals surface area contributed by atoms with Gasteiger partial charge in [-0.3, -0.25) is 0 Å². The van der Waals surface area contributed by atoms with Gasteiger partial charge in [0, 0.05) is 17.9 Å². The summed E-state index contributed by atoms with van der Waals surface area (Å²) in [6.07, 6.45) is 1.66. The van der Waals surface area contributed by atoms with E-state index in [1.807, 2.05) is 24.3 Å². The third kappa shape index (κ3) is 3.32. The van der Waals surface area contributed by atoms with Crippen LogP contribution in [-0.4, -0.2) is 29.3 Å². The van der Waals surface area contributed by atoms with Crippen molar-refractivity contribution in [2.45, 2.75) is 19.4 Å². The molecule has 1 aromatic heterocycles. The summed E-state index contributed by atoms with van der Waals surface area (Å²) in [6.45, 7) is 1.53. The first-order chi connectivity index (χ1) is 9.24. The van der Waals surface area contributed by atoms with E-state index in [9.17, 15) is 9.90 Å². The van der Waals surface area contributed by atoms with Gasteiger partial charge in [0.2, 0.25) is 0 Å². The summed E-state index contributed by atoms with van der Waals surface area (Å²) in [6, 6.07) is 7.75. The van der Waals surface area contributed by atoms with Crippen molar-refractivity contribution in [3.63, 3.8) is 0 Å². The van der Waals surface area contributed by atoms with Gasteiger partial charge < -0.3 is 15.5 Å². The van der Waals surface area contributed by atoms with Gasteiger partial charge in [-0.2, -0.15) is 0 Å². The average molecular weight is 279 g/mol. The smallest absolute Gasteiger partial charge is 0.346 e. The standard InChI is InChI=1S/C14H17NO3S/c16-8-4-3-7-15-9-11-10-5-1-2-6-12(10)19-13(11)14(17)18/h1-2,5-6,15-16H,3-4,7-9H2,(H,17,18). The zero-order chi connectivity index (χ0) is 13.7. The highest BCUT2D eigenvalue weighted by atomic mass is 32.1. The van der Waals surface area contributed by atoms with Gasteiger partial charge in [0.15, 0.2) is 0 Å². The highest BCUT2D eigenvalue weighted by Crippen LogP contribution is 2.31. The minimum absolute atomic E-state index is 0.198. The maximum atomic E-state index is 11.3. The fourth-order valence-corrected chi connectivity index (χ4v) is 3.08. The van der Waals surface area contributed by atoms with Crippen LogP contribution >= 0.6 is 11.3 Å². The molecule has 0 bridgehead atoms. The van der Waals surface area contributed by atoms with E-state index in [0.29, 0.717) is 11.4 Å². The van der Waals surface area contributed by atoms with Crippen LogP contribution in [0.3, 0.4) is 0 Å². The van der Waals surface area contributed by atoms with Crippen molar-refractivity contribution in [3.05, 3.63) is 34.7 Å². The maximum Gasteiger partial charge on any atom is 0.346 e. The summed E-state index contributed by atoms with van der Waals surface area (Å²) < 4.78 is 1.01. The third-order valence-electron chi connectivity index (χ3n) is 2.96. The molecule has 0 amide bonds. The molecule has 0 saturated heterocycles. The molecule has 19 heavy (non-hydrogen) atoms. The van der Waals surface area contributed by atoms with Crippen LogP contribution in [0.25, 0.3) is 10.1 Å². The molecule has 0 unspecified atom stereocenters. The minimum atomic E-state index is -0.867. The molecule has 0 saturated carbocycles. The number of fused-ring (bicyclic) bond motifs is 1. The van der Waals surface area contributed by atoms with E-state index in [-0.39, 0.29) is 6.61 Å². The number of carboxylic acids is 1. The lowest BCUT2D eigenvalue weighted by Gasteiger charge is -2.04. The number of hydrogen-bond donors (Lipinski definition) is 3. The first kappa shape index (κ1) is 14.0. The van der Waals surface area contributed by atoms with Crippen molar-refractivity contribution < 1.29 is 15.0 Å². The van der Waals surface area contributed by atoms with Crippen LogP contribution in [0, 0.1) is 0 Å². The Hall–Kier alpha value is -1.43. The van der Waals surface area contributed by atoms with Crippen LogP contribution in [0.15, 0.2) is 24.3 Å². The Kier molecular flexibility index (Phi) is 4.90. The van der Waals surface area contributed by atoms with E-state index in [0.717, 1.165) is 35.0 Å². The predicted octanol–water partition coefficient (Wildman–Crippen LogP) is 2.46. The van der Waals surface area contributed by atoms with Gasteiger partial charge in [-0.15, -0.1) is 11.3 Å². The number of carbonyl (C=O) groups is 1. The Morgan fingerprint density at radius 3 is 2.79 bits per heavy atom. The number of unbranched alkanes of at least 4 members (excludes halogenated alkanes) is 1. The fraction of sp³-hybridized carbons (Fsp3) is 0.357. The third-order valence-corrected chi connectivity index (χ3v) is 4.16. The van der Waals surface area contributed by atoms with Gasteiger partial charge in [0.25, 0.3) is 0 Å². The molecule has 0 atom stereocenters. The van der Waals surface area contributed by atoms with Crippen molar-refractivity contribution >= 4 is 27.4 Å². The Morgan fingerprint density at radius 2 is 2.05 bits per heavy atom. The monoisotopic (exact) mass is 279 g/mol. The van der Waals surface area contributed by atoms with E-state index >= 15 is 0 Å². The minimum Gasteiger partial charge on any atom is -0.477 e. The molecular formula is C14H17NO3S. The second-order valence-corrected chi connectivity index (χ2v) is 5.37. The second-order valence-electron chi connectivity index (χ2n) is 4.32. The fourth-order valence-electron chi connectivity index (χ4n) is 2.02. The molecule has 5 heteroatoms. The van der Waals surface area contributed by atoms with Crippen LogP contribution in [0.1, 0.15) is 28.1 Å². The van der Waals surface area contributed by atoms with Gasteiger partial charge in [-0.05, 0) is 36.4 Å². The van der Waals surface area contributed by atoms with Crippen molar-refractivity contribution in [1.29, 1.82) is 0 Å². The summed E-state index contributed by atoms with van der Waals surface area (Å²) >= 11 is 1.32. The topological polar surface area (TPSA) is 69.6 Å². The van der Waals surface area contributed by atoms with E-state index in [4.69, 9.17) is 5.11 Å². The van der Waals surface area contributed by atoms with E-state index in [2.05, 4.69) is 5.32 Å². The van der Waals surface area contributed by atoms with Gasteiger partial charge in [0.1, 0.15) is 4.88 Å². The molecule has 2 aromatic rings. The normalized spacial score (nSPS) is 11.0. The number of nitrogens with one attached hydrogen (secondary N) is 1. The quantitative estimate of drug-likeness (QED) is 0.681. The summed E-state index contributed by atoms with van der Waals surface area (Å²) in [5, 5.41) is 22.2. The van der Waals surface area contributed by atoms with Crippen LogP contribution in [0.2, 0.25) is 0 Å². The molecule has 102 valence electrons. The van der Waals surface area contributed by atoms with Gasteiger partial charge in [0.05, 0.1) is 0 Å². The molecule has 0 fully saturated rings. The van der Waals surface area contributed by atoms with Gasteiger partial charge in [-0.25, -0.2) is 4.79 Å². The zero-order valence-corrected chi connectivity index (χ0v) is 11.4. The number of rotatable bonds is 7. The number of aliphatic hydroxyl groups is 1. The van der Waals surface area contributed by atoms with Crippen molar-refractivity contribution in [3.8, 4) is 0 Å². The Balaban J connectivity index is 2.15.